The highest BCUT2D eigenvalue weighted by atomic mass is 19.4. The lowest BCUT2D eigenvalue weighted by Crippen LogP contribution is -2.44. The first-order chi connectivity index (χ1) is 14.0. The molecule has 2 aliphatic heterocycles. The second-order valence-electron chi connectivity index (χ2n) is 7.32. The van der Waals surface area contributed by atoms with E-state index in [9.17, 15) is 22.4 Å². The molecule has 0 saturated carbocycles. The minimum Gasteiger partial charge on any atom is -0.475 e. The van der Waals surface area contributed by atoms with Gasteiger partial charge in [0.2, 0.25) is 0 Å². The Morgan fingerprint density at radius 1 is 1.03 bits per heavy atom. The Kier molecular flexibility index (Phi) is 7.88. The van der Waals surface area contributed by atoms with Gasteiger partial charge in [-0.05, 0) is 38.1 Å². The molecule has 3 rings (SSSR count). The number of piperidine rings is 1. The summed E-state index contributed by atoms with van der Waals surface area (Å²) in [5.74, 6) is -3.18. The third kappa shape index (κ3) is 6.48. The van der Waals surface area contributed by atoms with Crippen LogP contribution in [0.25, 0.3) is 0 Å². The molecular formula is C19H26F4N4O3. The number of benzene rings is 1. The maximum atomic E-state index is 13.4. The number of carbonyl (C=O) groups excluding carboxylic acids is 1. The quantitative estimate of drug-likeness (QED) is 0.709. The molecule has 0 aliphatic carbocycles. The molecule has 7 nitrogen and oxygen atoms in total. The van der Waals surface area contributed by atoms with E-state index in [1.54, 1.807) is 0 Å². The fraction of sp³-hybridized carbons (Fsp3) is 0.579. The normalized spacial score (nSPS) is 18.6. The number of carboxylic acids is 1. The van der Waals surface area contributed by atoms with Gasteiger partial charge < -0.3 is 25.5 Å². The van der Waals surface area contributed by atoms with Crippen LogP contribution >= 0.6 is 0 Å². The number of alkyl halides is 4. The maximum absolute atomic E-state index is 13.4. The molecule has 0 atom stereocenters. The van der Waals surface area contributed by atoms with Crippen LogP contribution in [0.5, 0.6) is 0 Å². The number of amides is 1. The number of rotatable bonds is 3. The Hall–Kier alpha value is -2.56. The first kappa shape index (κ1) is 23.7. The van der Waals surface area contributed by atoms with Crippen LogP contribution in [-0.4, -0.2) is 80.5 Å². The van der Waals surface area contributed by atoms with Crippen LogP contribution in [0.1, 0.15) is 23.2 Å². The summed E-state index contributed by atoms with van der Waals surface area (Å²) in [5.41, 5.74) is 8.02. The highest BCUT2D eigenvalue weighted by Crippen LogP contribution is 2.30. The molecule has 0 radical (unpaired) electrons. The van der Waals surface area contributed by atoms with Gasteiger partial charge in [-0.2, -0.15) is 13.2 Å². The van der Waals surface area contributed by atoms with E-state index in [1.165, 1.54) is 0 Å². The molecule has 2 aliphatic rings. The number of primary amides is 1. The summed E-state index contributed by atoms with van der Waals surface area (Å²) in [7, 11) is 2.13. The Balaban J connectivity index is 0.000000396. The standard InChI is InChI=1S/C17H25FN4O.C2HF3O2/c1-20-8-10-21(11-9-20)14-2-3-15(17(19)23)16(12-14)22-6-4-13(18)5-7-22;3-2(4,5)1(6)7/h2-3,12-13H,4-11H2,1H3,(H2,19,23);(H,6,7). The van der Waals surface area contributed by atoms with Crippen molar-refractivity contribution in [2.24, 2.45) is 5.73 Å². The van der Waals surface area contributed by atoms with Crippen molar-refractivity contribution in [3.63, 3.8) is 0 Å². The van der Waals surface area contributed by atoms with E-state index < -0.39 is 24.2 Å². The topological polar surface area (TPSA) is 90.1 Å². The first-order valence-corrected chi connectivity index (χ1v) is 9.55. The second kappa shape index (κ2) is 9.96. The number of anilines is 2. The summed E-state index contributed by atoms with van der Waals surface area (Å²) in [6.45, 7) is 5.26. The lowest BCUT2D eigenvalue weighted by molar-refractivity contribution is -0.192. The van der Waals surface area contributed by atoms with Crippen LogP contribution < -0.4 is 15.5 Å². The molecule has 168 valence electrons. The zero-order valence-electron chi connectivity index (χ0n) is 16.7. The van der Waals surface area contributed by atoms with Gasteiger partial charge in [0.15, 0.2) is 0 Å². The summed E-state index contributed by atoms with van der Waals surface area (Å²) in [5, 5.41) is 7.12. The SMILES string of the molecule is CN1CCN(c2ccc(C(N)=O)c(N3CCC(F)CC3)c2)CC1.O=C(O)C(F)(F)F. The summed E-state index contributed by atoms with van der Waals surface area (Å²) in [4.78, 5) is 27.4. The number of halogens is 4. The van der Waals surface area contributed by atoms with E-state index in [2.05, 4.69) is 21.7 Å². The van der Waals surface area contributed by atoms with Crippen molar-refractivity contribution in [3.8, 4) is 0 Å². The van der Waals surface area contributed by atoms with Gasteiger partial charge in [0.1, 0.15) is 6.17 Å². The third-order valence-electron chi connectivity index (χ3n) is 5.12. The predicted molar refractivity (Wildman–Crippen MR) is 105 cm³/mol. The fourth-order valence-electron chi connectivity index (χ4n) is 3.34. The molecule has 1 aromatic rings. The van der Waals surface area contributed by atoms with Crippen molar-refractivity contribution in [1.29, 1.82) is 0 Å². The van der Waals surface area contributed by atoms with Crippen LogP contribution in [0.2, 0.25) is 0 Å². The minimum atomic E-state index is -5.08. The van der Waals surface area contributed by atoms with E-state index in [4.69, 9.17) is 15.6 Å². The molecule has 2 saturated heterocycles. The van der Waals surface area contributed by atoms with E-state index in [0.717, 1.165) is 37.6 Å². The third-order valence-corrected chi connectivity index (χ3v) is 5.12. The number of nitrogens with zero attached hydrogens (tertiary/aromatic N) is 3. The molecule has 3 N–H and O–H groups in total. The van der Waals surface area contributed by atoms with Crippen LogP contribution in [-0.2, 0) is 4.79 Å². The molecule has 2 fully saturated rings. The zero-order valence-corrected chi connectivity index (χ0v) is 16.7. The number of likely N-dealkylation sites (N-methyl/N-ethyl adjacent to an activating group) is 1. The van der Waals surface area contributed by atoms with Gasteiger partial charge in [-0.1, -0.05) is 0 Å². The Morgan fingerprint density at radius 2 is 1.57 bits per heavy atom. The lowest BCUT2D eigenvalue weighted by atomic mass is 10.0. The molecule has 1 aromatic carbocycles. The predicted octanol–water partition coefficient (Wildman–Crippen LogP) is 2.11. The van der Waals surface area contributed by atoms with Crippen molar-refractivity contribution >= 4 is 23.3 Å². The van der Waals surface area contributed by atoms with Crippen molar-refractivity contribution in [2.75, 3.05) is 56.1 Å². The average Bonchev–Trinajstić information content (AvgIpc) is 2.68. The molecule has 0 bridgehead atoms. The first-order valence-electron chi connectivity index (χ1n) is 9.55. The van der Waals surface area contributed by atoms with Crippen LogP contribution in [0.15, 0.2) is 18.2 Å². The van der Waals surface area contributed by atoms with Crippen LogP contribution in [0, 0.1) is 0 Å². The van der Waals surface area contributed by atoms with Crippen molar-refractivity contribution in [1.82, 2.24) is 4.90 Å². The van der Waals surface area contributed by atoms with E-state index in [-0.39, 0.29) is 0 Å². The van der Waals surface area contributed by atoms with Crippen LogP contribution in [0.3, 0.4) is 0 Å². The number of aliphatic carboxylic acids is 1. The largest absolute Gasteiger partial charge is 0.490 e. The minimum absolute atomic E-state index is 0.424. The number of nitrogens with two attached hydrogens (primary N) is 1. The smallest absolute Gasteiger partial charge is 0.475 e. The van der Waals surface area contributed by atoms with Crippen molar-refractivity contribution in [3.05, 3.63) is 23.8 Å². The summed E-state index contributed by atoms with van der Waals surface area (Å²) < 4.78 is 45.1. The van der Waals surface area contributed by atoms with Gasteiger partial charge in [-0.25, -0.2) is 9.18 Å². The van der Waals surface area contributed by atoms with E-state index in [1.807, 2.05) is 18.2 Å². The maximum Gasteiger partial charge on any atom is 0.490 e. The molecule has 1 amide bonds. The number of hydrogen-bond acceptors (Lipinski definition) is 5. The van der Waals surface area contributed by atoms with Gasteiger partial charge >= 0.3 is 12.1 Å². The van der Waals surface area contributed by atoms with Gasteiger partial charge in [-0.3, -0.25) is 4.79 Å². The Morgan fingerprint density at radius 3 is 2.03 bits per heavy atom. The highest BCUT2D eigenvalue weighted by Gasteiger charge is 2.38. The molecular weight excluding hydrogens is 408 g/mol. The molecule has 0 unspecified atom stereocenters. The van der Waals surface area contributed by atoms with E-state index in [0.29, 0.717) is 31.5 Å². The fourth-order valence-corrected chi connectivity index (χ4v) is 3.34. The molecule has 11 heteroatoms. The van der Waals surface area contributed by atoms with Gasteiger partial charge in [0.25, 0.3) is 5.91 Å². The van der Waals surface area contributed by atoms with Crippen LogP contribution in [0.4, 0.5) is 28.9 Å². The summed E-state index contributed by atoms with van der Waals surface area (Å²) in [6, 6.07) is 5.83. The Bertz CT molecular complexity index is 744. The molecule has 0 spiro atoms. The summed E-state index contributed by atoms with van der Waals surface area (Å²) in [6.07, 6.45) is -4.79. The van der Waals surface area contributed by atoms with Crippen molar-refractivity contribution in [2.45, 2.75) is 25.2 Å². The Labute approximate surface area is 172 Å². The summed E-state index contributed by atoms with van der Waals surface area (Å²) >= 11 is 0. The monoisotopic (exact) mass is 434 g/mol. The van der Waals surface area contributed by atoms with Gasteiger partial charge in [0, 0.05) is 45.0 Å². The number of piperazine rings is 1. The average molecular weight is 434 g/mol. The number of carbonyl (C=O) groups is 2. The van der Waals surface area contributed by atoms with Crippen molar-refractivity contribution < 1.29 is 32.3 Å². The number of hydrogen-bond donors (Lipinski definition) is 2. The van der Waals surface area contributed by atoms with Gasteiger partial charge in [-0.15, -0.1) is 0 Å². The molecule has 30 heavy (non-hydrogen) atoms. The van der Waals surface area contributed by atoms with Gasteiger partial charge in [0.05, 0.1) is 11.3 Å². The highest BCUT2D eigenvalue weighted by molar-refractivity contribution is 5.99. The number of carboxylic acid groups (broad SMARTS) is 1. The molecule has 2 heterocycles. The lowest BCUT2D eigenvalue weighted by Gasteiger charge is -2.36. The zero-order chi connectivity index (χ0) is 22.5. The van der Waals surface area contributed by atoms with E-state index >= 15 is 0 Å². The second-order valence-corrected chi connectivity index (χ2v) is 7.32. The molecule has 0 aromatic heterocycles.